The Morgan fingerprint density at radius 2 is 2.16 bits per heavy atom. The van der Waals surface area contributed by atoms with E-state index in [-0.39, 0.29) is 0 Å². The molecule has 0 aliphatic carbocycles. The van der Waals surface area contributed by atoms with Crippen LogP contribution in [0.3, 0.4) is 0 Å². The summed E-state index contributed by atoms with van der Waals surface area (Å²) in [5, 5.41) is 3.31. The largest absolute Gasteiger partial charge is 0.481 e. The summed E-state index contributed by atoms with van der Waals surface area (Å²) in [4.78, 5) is 10.9. The second-order valence-corrected chi connectivity index (χ2v) is 4.58. The number of aryl methyl sites for hydroxylation is 1. The lowest BCUT2D eigenvalue weighted by Crippen LogP contribution is -2.37. The molecule has 1 aromatic rings. The average molecular weight is 266 g/mol. The van der Waals surface area contributed by atoms with Gasteiger partial charge in [-0.25, -0.2) is 4.98 Å². The maximum Gasteiger partial charge on any atom is 0.218 e. The predicted molar refractivity (Wildman–Crippen MR) is 73.7 cm³/mol. The fourth-order valence-electron chi connectivity index (χ4n) is 2.08. The summed E-state index contributed by atoms with van der Waals surface area (Å²) < 4.78 is 10.4. The zero-order valence-electron chi connectivity index (χ0n) is 11.7. The number of morpholine rings is 1. The molecule has 0 unspecified atom stereocenters. The van der Waals surface area contributed by atoms with Gasteiger partial charge in [-0.3, -0.25) is 4.90 Å². The summed E-state index contributed by atoms with van der Waals surface area (Å²) >= 11 is 0. The molecule has 1 saturated heterocycles. The minimum atomic E-state index is 0.600. The van der Waals surface area contributed by atoms with Crippen molar-refractivity contribution in [2.45, 2.75) is 13.3 Å². The fourth-order valence-corrected chi connectivity index (χ4v) is 2.08. The molecule has 1 aliphatic rings. The first-order valence-corrected chi connectivity index (χ1v) is 6.71. The second kappa shape index (κ2) is 7.25. The van der Waals surface area contributed by atoms with Crippen LogP contribution in [0.15, 0.2) is 6.07 Å². The molecule has 0 spiro atoms. The van der Waals surface area contributed by atoms with E-state index in [1.807, 2.05) is 13.0 Å². The van der Waals surface area contributed by atoms with Gasteiger partial charge in [0.15, 0.2) is 0 Å². The topological polar surface area (TPSA) is 59.5 Å². The van der Waals surface area contributed by atoms with Crippen molar-refractivity contribution in [3.63, 3.8) is 0 Å². The molecule has 0 radical (unpaired) electrons. The third-order valence-electron chi connectivity index (χ3n) is 3.08. The molecule has 0 saturated carbocycles. The van der Waals surface area contributed by atoms with Gasteiger partial charge >= 0.3 is 0 Å². The molecule has 19 heavy (non-hydrogen) atoms. The highest BCUT2D eigenvalue weighted by atomic mass is 16.5. The zero-order valence-corrected chi connectivity index (χ0v) is 11.7. The van der Waals surface area contributed by atoms with Crippen molar-refractivity contribution in [1.29, 1.82) is 0 Å². The molecule has 1 aromatic heterocycles. The lowest BCUT2D eigenvalue weighted by atomic mass is 10.3. The Balaban J connectivity index is 1.71. The van der Waals surface area contributed by atoms with Crippen LogP contribution >= 0.6 is 0 Å². The maximum atomic E-state index is 5.33. The lowest BCUT2D eigenvalue weighted by Gasteiger charge is -2.26. The second-order valence-electron chi connectivity index (χ2n) is 4.58. The van der Waals surface area contributed by atoms with Crippen LogP contribution in [0.4, 0.5) is 5.82 Å². The van der Waals surface area contributed by atoms with Crippen molar-refractivity contribution in [3.05, 3.63) is 11.9 Å². The van der Waals surface area contributed by atoms with Crippen LogP contribution in [0.1, 0.15) is 12.2 Å². The number of nitrogens with zero attached hydrogens (tertiary/aromatic N) is 3. The summed E-state index contributed by atoms with van der Waals surface area (Å²) in [5.41, 5.74) is 0. The van der Waals surface area contributed by atoms with Gasteiger partial charge in [0.2, 0.25) is 5.88 Å². The molecule has 6 nitrogen and oxygen atoms in total. The standard InChI is InChI=1S/C13H22N4O2/c1-11-15-12(10-13(16-11)18-2)14-4-3-5-17-6-8-19-9-7-17/h10H,3-9H2,1-2H3,(H,14,15,16). The number of anilines is 1. The first kappa shape index (κ1) is 14.0. The van der Waals surface area contributed by atoms with Gasteiger partial charge in [0.1, 0.15) is 11.6 Å². The van der Waals surface area contributed by atoms with Crippen molar-refractivity contribution in [2.24, 2.45) is 0 Å². The van der Waals surface area contributed by atoms with Crippen molar-refractivity contribution in [1.82, 2.24) is 14.9 Å². The molecule has 0 amide bonds. The number of methoxy groups -OCH3 is 1. The zero-order chi connectivity index (χ0) is 13.5. The molecule has 106 valence electrons. The van der Waals surface area contributed by atoms with Crippen molar-refractivity contribution in [2.75, 3.05) is 51.8 Å². The molecular formula is C13H22N4O2. The van der Waals surface area contributed by atoms with Crippen molar-refractivity contribution in [3.8, 4) is 5.88 Å². The predicted octanol–water partition coefficient (Wildman–Crippen LogP) is 0.928. The van der Waals surface area contributed by atoms with E-state index in [2.05, 4.69) is 20.2 Å². The Labute approximate surface area is 114 Å². The molecule has 2 heterocycles. The first-order chi connectivity index (χ1) is 9.28. The normalized spacial score (nSPS) is 16.3. The quantitative estimate of drug-likeness (QED) is 0.773. The summed E-state index contributed by atoms with van der Waals surface area (Å²) in [7, 11) is 1.62. The van der Waals surface area contributed by atoms with E-state index in [4.69, 9.17) is 9.47 Å². The van der Waals surface area contributed by atoms with Gasteiger partial charge in [0, 0.05) is 25.7 Å². The number of rotatable bonds is 6. The molecule has 0 aromatic carbocycles. The lowest BCUT2D eigenvalue weighted by molar-refractivity contribution is 0.0378. The van der Waals surface area contributed by atoms with E-state index in [0.29, 0.717) is 5.88 Å². The van der Waals surface area contributed by atoms with Crippen molar-refractivity contribution >= 4 is 5.82 Å². The molecule has 0 bridgehead atoms. The highest BCUT2D eigenvalue weighted by molar-refractivity contribution is 5.38. The number of aromatic nitrogens is 2. The summed E-state index contributed by atoms with van der Waals surface area (Å²) in [6.45, 7) is 7.66. The smallest absolute Gasteiger partial charge is 0.218 e. The number of hydrogen-bond acceptors (Lipinski definition) is 6. The first-order valence-electron chi connectivity index (χ1n) is 6.71. The molecule has 6 heteroatoms. The summed E-state index contributed by atoms with van der Waals surface area (Å²) in [6, 6.07) is 1.82. The number of nitrogens with one attached hydrogen (secondary N) is 1. The molecule has 0 atom stereocenters. The summed E-state index contributed by atoms with van der Waals surface area (Å²) in [5.74, 6) is 2.14. The third kappa shape index (κ3) is 4.65. The monoisotopic (exact) mass is 266 g/mol. The van der Waals surface area contributed by atoms with Crippen LogP contribution in [0.5, 0.6) is 5.88 Å². The van der Waals surface area contributed by atoms with Gasteiger partial charge in [0.05, 0.1) is 20.3 Å². The molecule has 1 N–H and O–H groups in total. The Morgan fingerprint density at radius 1 is 1.37 bits per heavy atom. The van der Waals surface area contributed by atoms with E-state index in [1.54, 1.807) is 7.11 Å². The molecule has 1 fully saturated rings. The molecule has 1 aliphatic heterocycles. The van der Waals surface area contributed by atoms with Gasteiger partial charge in [-0.2, -0.15) is 4.98 Å². The minimum absolute atomic E-state index is 0.600. The van der Waals surface area contributed by atoms with Crippen LogP contribution in [0.25, 0.3) is 0 Å². The van der Waals surface area contributed by atoms with E-state index >= 15 is 0 Å². The van der Waals surface area contributed by atoms with Gasteiger partial charge in [0.25, 0.3) is 0 Å². The van der Waals surface area contributed by atoms with Crippen molar-refractivity contribution < 1.29 is 9.47 Å². The number of ether oxygens (including phenoxy) is 2. The van der Waals surface area contributed by atoms with Gasteiger partial charge in [-0.15, -0.1) is 0 Å². The maximum absolute atomic E-state index is 5.33. The molecular weight excluding hydrogens is 244 g/mol. The Hall–Kier alpha value is -1.40. The molecule has 2 rings (SSSR count). The minimum Gasteiger partial charge on any atom is -0.481 e. The number of hydrogen-bond donors (Lipinski definition) is 1. The highest BCUT2D eigenvalue weighted by Gasteiger charge is 2.09. The van der Waals surface area contributed by atoms with Gasteiger partial charge in [-0.05, 0) is 19.9 Å². The summed E-state index contributed by atoms with van der Waals surface area (Å²) in [6.07, 6.45) is 1.09. The Kier molecular flexibility index (Phi) is 5.35. The van der Waals surface area contributed by atoms with Crippen LogP contribution < -0.4 is 10.1 Å². The van der Waals surface area contributed by atoms with Gasteiger partial charge < -0.3 is 14.8 Å². The van der Waals surface area contributed by atoms with E-state index in [9.17, 15) is 0 Å². The Morgan fingerprint density at radius 3 is 2.89 bits per heavy atom. The van der Waals surface area contributed by atoms with E-state index < -0.39 is 0 Å². The Bertz CT molecular complexity index is 394. The van der Waals surface area contributed by atoms with Crippen LogP contribution in [-0.4, -0.2) is 61.4 Å². The fraction of sp³-hybridized carbons (Fsp3) is 0.692. The van der Waals surface area contributed by atoms with Crippen LogP contribution in [0, 0.1) is 6.92 Å². The van der Waals surface area contributed by atoms with Crippen LogP contribution in [-0.2, 0) is 4.74 Å². The average Bonchev–Trinajstić information content (AvgIpc) is 2.44. The van der Waals surface area contributed by atoms with Gasteiger partial charge in [-0.1, -0.05) is 0 Å². The third-order valence-corrected chi connectivity index (χ3v) is 3.08. The SMILES string of the molecule is COc1cc(NCCCN2CCOCC2)nc(C)n1. The van der Waals surface area contributed by atoms with E-state index in [0.717, 1.165) is 57.5 Å². The van der Waals surface area contributed by atoms with Crippen LogP contribution in [0.2, 0.25) is 0 Å². The highest BCUT2D eigenvalue weighted by Crippen LogP contribution is 2.12. The van der Waals surface area contributed by atoms with E-state index in [1.165, 1.54) is 0 Å².